The molecule has 1 aliphatic heterocycles. The Labute approximate surface area is 101 Å². The van der Waals surface area contributed by atoms with Crippen LogP contribution < -0.4 is 5.73 Å². The van der Waals surface area contributed by atoms with Crippen LogP contribution in [-0.4, -0.2) is 43.5 Å². The second-order valence-corrected chi connectivity index (χ2v) is 4.15. The highest BCUT2D eigenvalue weighted by atomic mass is 19.1. The first kappa shape index (κ1) is 11.3. The van der Waals surface area contributed by atoms with Gasteiger partial charge in [0.1, 0.15) is 30.3 Å². The average molecular weight is 253 g/mol. The number of hydrogen-bond acceptors (Lipinski definition) is 6. The number of ether oxygens (including phenoxy) is 1. The SMILES string of the molecule is Nc1ncnc2c1ncn2[C@@H]1C[C@H](F)[C@@H](CO)O1. The van der Waals surface area contributed by atoms with E-state index in [2.05, 4.69) is 15.0 Å². The van der Waals surface area contributed by atoms with Crippen molar-refractivity contribution in [1.82, 2.24) is 19.5 Å². The van der Waals surface area contributed by atoms with Crippen LogP contribution in [0, 0.1) is 0 Å². The molecule has 3 N–H and O–H groups in total. The molecule has 0 aromatic carbocycles. The van der Waals surface area contributed by atoms with Crippen LogP contribution in [0.15, 0.2) is 12.7 Å². The quantitative estimate of drug-likeness (QED) is 0.783. The van der Waals surface area contributed by atoms with E-state index in [1.54, 1.807) is 4.57 Å². The van der Waals surface area contributed by atoms with Crippen molar-refractivity contribution in [2.75, 3.05) is 12.3 Å². The van der Waals surface area contributed by atoms with Crippen LogP contribution in [-0.2, 0) is 4.74 Å². The van der Waals surface area contributed by atoms with Crippen molar-refractivity contribution in [1.29, 1.82) is 0 Å². The highest BCUT2D eigenvalue weighted by molar-refractivity contribution is 5.81. The second kappa shape index (κ2) is 4.14. The molecule has 1 fully saturated rings. The van der Waals surface area contributed by atoms with Gasteiger partial charge in [-0.15, -0.1) is 0 Å². The van der Waals surface area contributed by atoms with E-state index in [1.807, 2.05) is 0 Å². The lowest BCUT2D eigenvalue weighted by molar-refractivity contribution is -0.0323. The van der Waals surface area contributed by atoms with Gasteiger partial charge in [-0.3, -0.25) is 4.57 Å². The first-order valence-corrected chi connectivity index (χ1v) is 5.54. The molecule has 0 bridgehead atoms. The Hall–Kier alpha value is -1.80. The molecule has 1 aliphatic rings. The molecule has 96 valence electrons. The number of nitrogen functional groups attached to an aromatic ring is 1. The molecule has 1 saturated heterocycles. The Bertz CT molecular complexity index is 574. The summed E-state index contributed by atoms with van der Waals surface area (Å²) in [5.74, 6) is 0.271. The van der Waals surface area contributed by atoms with Crippen LogP contribution >= 0.6 is 0 Å². The Morgan fingerprint density at radius 2 is 2.33 bits per heavy atom. The fourth-order valence-corrected chi connectivity index (χ4v) is 2.10. The van der Waals surface area contributed by atoms with E-state index in [1.165, 1.54) is 12.7 Å². The van der Waals surface area contributed by atoms with Gasteiger partial charge in [-0.25, -0.2) is 19.3 Å². The number of rotatable bonds is 2. The zero-order valence-corrected chi connectivity index (χ0v) is 9.40. The van der Waals surface area contributed by atoms with Crippen LogP contribution in [0.4, 0.5) is 10.2 Å². The van der Waals surface area contributed by atoms with E-state index in [0.717, 1.165) is 0 Å². The van der Waals surface area contributed by atoms with Gasteiger partial charge in [-0.05, 0) is 0 Å². The van der Waals surface area contributed by atoms with Crippen LogP contribution in [0.1, 0.15) is 12.6 Å². The van der Waals surface area contributed by atoms with Crippen molar-refractivity contribution in [3.63, 3.8) is 0 Å². The molecule has 3 atom stereocenters. The molecule has 18 heavy (non-hydrogen) atoms. The zero-order chi connectivity index (χ0) is 12.7. The van der Waals surface area contributed by atoms with E-state index < -0.39 is 18.5 Å². The summed E-state index contributed by atoms with van der Waals surface area (Å²) in [5, 5.41) is 8.97. The monoisotopic (exact) mass is 253 g/mol. The highest BCUT2D eigenvalue weighted by Crippen LogP contribution is 2.32. The van der Waals surface area contributed by atoms with E-state index in [0.29, 0.717) is 11.2 Å². The number of alkyl halides is 1. The molecule has 0 radical (unpaired) electrons. The largest absolute Gasteiger partial charge is 0.394 e. The predicted molar refractivity (Wildman–Crippen MR) is 60.2 cm³/mol. The molecule has 3 rings (SSSR count). The van der Waals surface area contributed by atoms with Crippen LogP contribution in [0.25, 0.3) is 11.2 Å². The lowest BCUT2D eigenvalue weighted by Gasteiger charge is -2.13. The van der Waals surface area contributed by atoms with Gasteiger partial charge in [0.15, 0.2) is 11.5 Å². The molecule has 0 amide bonds. The maximum Gasteiger partial charge on any atom is 0.167 e. The topological polar surface area (TPSA) is 99.1 Å². The number of aromatic nitrogens is 4. The molecule has 0 unspecified atom stereocenters. The smallest absolute Gasteiger partial charge is 0.167 e. The third kappa shape index (κ3) is 1.61. The summed E-state index contributed by atoms with van der Waals surface area (Å²) in [5.41, 5.74) is 6.63. The molecule has 0 aliphatic carbocycles. The van der Waals surface area contributed by atoms with Crippen LogP contribution in [0.3, 0.4) is 0 Å². The Kier molecular flexibility index (Phi) is 2.60. The highest BCUT2D eigenvalue weighted by Gasteiger charge is 2.36. The third-order valence-corrected chi connectivity index (χ3v) is 3.04. The second-order valence-electron chi connectivity index (χ2n) is 4.15. The average Bonchev–Trinajstić information content (AvgIpc) is 2.93. The summed E-state index contributed by atoms with van der Waals surface area (Å²) in [6, 6.07) is 0. The molecule has 0 saturated carbocycles. The van der Waals surface area contributed by atoms with E-state index in [9.17, 15) is 4.39 Å². The number of aliphatic hydroxyl groups is 1. The summed E-state index contributed by atoms with van der Waals surface area (Å²) >= 11 is 0. The van der Waals surface area contributed by atoms with E-state index in [4.69, 9.17) is 15.6 Å². The van der Waals surface area contributed by atoms with Crippen molar-refractivity contribution < 1.29 is 14.2 Å². The number of nitrogens with two attached hydrogens (primary N) is 1. The van der Waals surface area contributed by atoms with Crippen molar-refractivity contribution in [2.24, 2.45) is 0 Å². The maximum atomic E-state index is 13.5. The number of hydrogen-bond donors (Lipinski definition) is 2. The molecule has 8 heteroatoms. The van der Waals surface area contributed by atoms with Gasteiger partial charge >= 0.3 is 0 Å². The maximum absolute atomic E-state index is 13.5. The summed E-state index contributed by atoms with van der Waals surface area (Å²) in [7, 11) is 0. The summed E-state index contributed by atoms with van der Waals surface area (Å²) < 4.78 is 20.6. The van der Waals surface area contributed by atoms with Crippen LogP contribution in [0.5, 0.6) is 0 Å². The minimum Gasteiger partial charge on any atom is -0.394 e. The van der Waals surface area contributed by atoms with Gasteiger partial charge in [0.25, 0.3) is 0 Å². The summed E-state index contributed by atoms with van der Waals surface area (Å²) in [6.07, 6.45) is 0.439. The number of anilines is 1. The fraction of sp³-hybridized carbons (Fsp3) is 0.500. The predicted octanol–water partition coefficient (Wildman–Crippen LogP) is 0.0264. The van der Waals surface area contributed by atoms with Gasteiger partial charge in [0.2, 0.25) is 0 Å². The lowest BCUT2D eigenvalue weighted by atomic mass is 10.2. The summed E-state index contributed by atoms with van der Waals surface area (Å²) in [4.78, 5) is 12.0. The van der Waals surface area contributed by atoms with Crippen LogP contribution in [0.2, 0.25) is 0 Å². The third-order valence-electron chi connectivity index (χ3n) is 3.04. The fourth-order valence-electron chi connectivity index (χ4n) is 2.10. The van der Waals surface area contributed by atoms with Gasteiger partial charge < -0.3 is 15.6 Å². The Morgan fingerprint density at radius 3 is 3.06 bits per heavy atom. The molecular formula is C10H12FN5O2. The lowest BCUT2D eigenvalue weighted by Crippen LogP contribution is -2.21. The van der Waals surface area contributed by atoms with Gasteiger partial charge in [-0.1, -0.05) is 0 Å². The molecular weight excluding hydrogens is 241 g/mol. The zero-order valence-electron chi connectivity index (χ0n) is 9.40. The number of halogens is 1. The van der Waals surface area contributed by atoms with Crippen molar-refractivity contribution >= 4 is 17.0 Å². The normalized spacial score (nSPS) is 28.0. The van der Waals surface area contributed by atoms with Crippen molar-refractivity contribution in [3.8, 4) is 0 Å². The van der Waals surface area contributed by atoms with Crippen molar-refractivity contribution in [3.05, 3.63) is 12.7 Å². The Balaban J connectivity index is 1.99. The molecule has 2 aromatic heterocycles. The number of aliphatic hydroxyl groups excluding tert-OH is 1. The molecule has 3 heterocycles. The van der Waals surface area contributed by atoms with Gasteiger partial charge in [-0.2, -0.15) is 0 Å². The standard InChI is InChI=1S/C10H12FN5O2/c11-5-1-7(18-6(5)2-17)16-4-15-8-9(12)13-3-14-10(8)16/h3-7,17H,1-2H2,(H2,12,13,14)/t5-,6+,7-/m0/s1. The minimum absolute atomic E-state index is 0.153. The molecule has 7 nitrogen and oxygen atoms in total. The van der Waals surface area contributed by atoms with Gasteiger partial charge in [0.05, 0.1) is 12.9 Å². The first-order chi connectivity index (χ1) is 8.70. The number of imidazole rings is 1. The Morgan fingerprint density at radius 1 is 1.50 bits per heavy atom. The minimum atomic E-state index is -1.20. The number of nitrogens with zero attached hydrogens (tertiary/aromatic N) is 4. The van der Waals surface area contributed by atoms with Crippen molar-refractivity contribution in [2.45, 2.75) is 24.9 Å². The number of fused-ring (bicyclic) bond motifs is 1. The molecule has 0 spiro atoms. The van der Waals surface area contributed by atoms with Gasteiger partial charge in [0, 0.05) is 6.42 Å². The summed E-state index contributed by atoms with van der Waals surface area (Å²) in [6.45, 7) is -0.346. The molecule has 2 aromatic rings. The first-order valence-electron chi connectivity index (χ1n) is 5.54. The van der Waals surface area contributed by atoms with E-state index >= 15 is 0 Å². The van der Waals surface area contributed by atoms with E-state index in [-0.39, 0.29) is 18.8 Å².